The van der Waals surface area contributed by atoms with Gasteiger partial charge in [-0.05, 0) is 7.05 Å². The quantitative estimate of drug-likeness (QED) is 0.313. The van der Waals surface area contributed by atoms with Crippen molar-refractivity contribution in [2.24, 2.45) is 0 Å². The largest absolute Gasteiger partial charge is 0.381 e. The summed E-state index contributed by atoms with van der Waals surface area (Å²) in [6.45, 7) is 1.51. The average molecular weight is 134 g/mol. The molecule has 0 rings (SSSR count). The number of aliphatic hydroxyl groups is 2. The van der Waals surface area contributed by atoms with Gasteiger partial charge in [-0.2, -0.15) is 0 Å². The Morgan fingerprint density at radius 3 is 2.56 bits per heavy atom. The van der Waals surface area contributed by atoms with E-state index in [1.807, 2.05) is 0 Å². The Morgan fingerprint density at radius 1 is 1.44 bits per heavy atom. The van der Waals surface area contributed by atoms with Crippen LogP contribution in [-0.4, -0.2) is 48.7 Å². The molecular formula is C5H14N2O2. The first-order chi connectivity index (χ1) is 4.31. The fourth-order valence-corrected chi connectivity index (χ4v) is 0.420. The van der Waals surface area contributed by atoms with Gasteiger partial charge in [0.15, 0.2) is 0 Å². The number of rotatable bonds is 5. The normalized spacial score (nSPS) is 10.7. The van der Waals surface area contributed by atoms with Crippen LogP contribution in [0.2, 0.25) is 0 Å². The summed E-state index contributed by atoms with van der Waals surface area (Å²) in [5.74, 6) is 0. The van der Waals surface area contributed by atoms with E-state index >= 15 is 0 Å². The molecule has 0 aromatic carbocycles. The van der Waals surface area contributed by atoms with Crippen LogP contribution in [0.15, 0.2) is 0 Å². The molecule has 4 nitrogen and oxygen atoms in total. The molecule has 56 valence electrons. The molecule has 0 saturated heterocycles. The first kappa shape index (κ1) is 8.84. The van der Waals surface area contributed by atoms with Gasteiger partial charge >= 0.3 is 0 Å². The molecule has 0 aromatic heterocycles. The summed E-state index contributed by atoms with van der Waals surface area (Å²) >= 11 is 0. The maximum atomic E-state index is 8.47. The Kier molecular flexibility index (Phi) is 5.86. The van der Waals surface area contributed by atoms with Crippen LogP contribution in [0.1, 0.15) is 0 Å². The Morgan fingerprint density at radius 2 is 2.11 bits per heavy atom. The van der Waals surface area contributed by atoms with Gasteiger partial charge in [-0.3, -0.25) is 10.2 Å². The third kappa shape index (κ3) is 5.72. The van der Waals surface area contributed by atoms with Crippen molar-refractivity contribution in [3.63, 3.8) is 0 Å². The number of hydrogen-bond donors (Lipinski definition) is 3. The van der Waals surface area contributed by atoms with E-state index in [1.165, 1.54) is 0 Å². The van der Waals surface area contributed by atoms with Crippen molar-refractivity contribution >= 4 is 0 Å². The fourth-order valence-electron chi connectivity index (χ4n) is 0.420. The van der Waals surface area contributed by atoms with Crippen LogP contribution in [-0.2, 0) is 0 Å². The Bertz CT molecular complexity index is 60.9. The summed E-state index contributed by atoms with van der Waals surface area (Å²) in [6, 6.07) is 0. The number of aliphatic hydroxyl groups excluding tert-OH is 2. The van der Waals surface area contributed by atoms with Crippen molar-refractivity contribution in [2.75, 3.05) is 33.6 Å². The smallest absolute Gasteiger partial charge is 0.0954 e. The monoisotopic (exact) mass is 134 g/mol. The summed E-state index contributed by atoms with van der Waals surface area (Å²) in [5.41, 5.74) is 0. The molecule has 0 unspecified atom stereocenters. The minimum Gasteiger partial charge on any atom is -0.381 e. The standard InChI is InChI=1S/C5H14N2O2/c1-7(5-9)3-2-6-4-8/h6,8-9H,2-5H2,1H3. The number of hydrogen-bond acceptors (Lipinski definition) is 4. The van der Waals surface area contributed by atoms with Crippen molar-refractivity contribution in [1.29, 1.82) is 0 Å². The molecule has 3 N–H and O–H groups in total. The van der Waals surface area contributed by atoms with Gasteiger partial charge in [0.2, 0.25) is 0 Å². The molecule has 0 bridgehead atoms. The fraction of sp³-hybridized carbons (Fsp3) is 1.00. The van der Waals surface area contributed by atoms with Gasteiger partial charge in [-0.1, -0.05) is 0 Å². The predicted molar refractivity (Wildman–Crippen MR) is 34.8 cm³/mol. The van der Waals surface area contributed by atoms with Gasteiger partial charge < -0.3 is 10.2 Å². The molecule has 0 aliphatic carbocycles. The first-order valence-corrected chi connectivity index (χ1v) is 2.92. The van der Waals surface area contributed by atoms with Gasteiger partial charge in [0.05, 0.1) is 13.5 Å². The molecule has 0 radical (unpaired) electrons. The zero-order chi connectivity index (χ0) is 7.11. The van der Waals surface area contributed by atoms with Crippen molar-refractivity contribution in [3.05, 3.63) is 0 Å². The highest BCUT2D eigenvalue weighted by atomic mass is 16.3. The predicted octanol–water partition coefficient (Wildman–Crippen LogP) is -1.59. The first-order valence-electron chi connectivity index (χ1n) is 2.92. The second kappa shape index (κ2) is 5.97. The number of nitrogens with zero attached hydrogens (tertiary/aromatic N) is 1. The number of likely N-dealkylation sites (N-methyl/N-ethyl adjacent to an activating group) is 1. The molecule has 0 aromatic rings. The second-order valence-corrected chi connectivity index (χ2v) is 1.88. The Balaban J connectivity index is 2.88. The lowest BCUT2D eigenvalue weighted by Crippen LogP contribution is -2.30. The van der Waals surface area contributed by atoms with Crippen LogP contribution in [0.5, 0.6) is 0 Å². The zero-order valence-corrected chi connectivity index (χ0v) is 5.67. The van der Waals surface area contributed by atoms with E-state index in [-0.39, 0.29) is 13.5 Å². The highest BCUT2D eigenvalue weighted by molar-refractivity contribution is 4.46. The Labute approximate surface area is 55.1 Å². The van der Waals surface area contributed by atoms with E-state index in [2.05, 4.69) is 5.32 Å². The molecule has 0 aliphatic heterocycles. The molecule has 0 spiro atoms. The van der Waals surface area contributed by atoms with E-state index < -0.39 is 0 Å². The zero-order valence-electron chi connectivity index (χ0n) is 5.67. The minimum absolute atomic E-state index is 0.000726. The van der Waals surface area contributed by atoms with Crippen LogP contribution < -0.4 is 5.32 Å². The lowest BCUT2D eigenvalue weighted by atomic mass is 10.6. The second-order valence-electron chi connectivity index (χ2n) is 1.88. The summed E-state index contributed by atoms with van der Waals surface area (Å²) in [6.07, 6.45) is 0. The molecule has 4 heteroatoms. The summed E-state index contributed by atoms with van der Waals surface area (Å²) in [5, 5.41) is 19.4. The third-order valence-corrected chi connectivity index (χ3v) is 1.02. The summed E-state index contributed by atoms with van der Waals surface area (Å²) < 4.78 is 0. The van der Waals surface area contributed by atoms with Crippen molar-refractivity contribution < 1.29 is 10.2 Å². The van der Waals surface area contributed by atoms with Crippen LogP contribution in [0.4, 0.5) is 0 Å². The molecule has 0 heterocycles. The van der Waals surface area contributed by atoms with Crippen molar-refractivity contribution in [2.45, 2.75) is 0 Å². The van der Waals surface area contributed by atoms with Crippen LogP contribution in [0, 0.1) is 0 Å². The van der Waals surface area contributed by atoms with Gasteiger partial charge in [-0.15, -0.1) is 0 Å². The molecule has 0 atom stereocenters. The summed E-state index contributed by atoms with van der Waals surface area (Å²) in [4.78, 5) is 1.74. The third-order valence-electron chi connectivity index (χ3n) is 1.02. The summed E-state index contributed by atoms with van der Waals surface area (Å²) in [7, 11) is 1.80. The van der Waals surface area contributed by atoms with E-state index in [0.29, 0.717) is 6.54 Å². The van der Waals surface area contributed by atoms with E-state index in [1.54, 1.807) is 11.9 Å². The van der Waals surface area contributed by atoms with Gasteiger partial charge in [0, 0.05) is 13.1 Å². The SMILES string of the molecule is CN(CO)CCNCO. The van der Waals surface area contributed by atoms with Crippen molar-refractivity contribution in [1.82, 2.24) is 10.2 Å². The van der Waals surface area contributed by atoms with Crippen LogP contribution in [0.25, 0.3) is 0 Å². The lowest BCUT2D eigenvalue weighted by molar-refractivity contribution is 0.130. The molecule has 0 amide bonds. The maximum Gasteiger partial charge on any atom is 0.0954 e. The highest BCUT2D eigenvalue weighted by Crippen LogP contribution is 1.73. The van der Waals surface area contributed by atoms with E-state index in [9.17, 15) is 0 Å². The molecule has 0 saturated carbocycles. The lowest BCUT2D eigenvalue weighted by Gasteiger charge is -2.11. The van der Waals surface area contributed by atoms with E-state index in [4.69, 9.17) is 10.2 Å². The van der Waals surface area contributed by atoms with Gasteiger partial charge in [0.1, 0.15) is 0 Å². The van der Waals surface area contributed by atoms with Crippen LogP contribution >= 0.6 is 0 Å². The highest BCUT2D eigenvalue weighted by Gasteiger charge is 1.91. The van der Waals surface area contributed by atoms with Crippen molar-refractivity contribution in [3.8, 4) is 0 Å². The van der Waals surface area contributed by atoms with Gasteiger partial charge in [0.25, 0.3) is 0 Å². The minimum atomic E-state index is -0.000726. The maximum absolute atomic E-state index is 8.47. The molecule has 9 heavy (non-hydrogen) atoms. The van der Waals surface area contributed by atoms with Crippen LogP contribution in [0.3, 0.4) is 0 Å². The number of nitrogens with one attached hydrogen (secondary N) is 1. The topological polar surface area (TPSA) is 55.7 Å². The molecule has 0 aliphatic rings. The van der Waals surface area contributed by atoms with E-state index in [0.717, 1.165) is 6.54 Å². The molecule has 0 fully saturated rings. The molecular weight excluding hydrogens is 120 g/mol. The average Bonchev–Trinajstić information content (AvgIpc) is 1.89. The van der Waals surface area contributed by atoms with Gasteiger partial charge in [-0.25, -0.2) is 0 Å². The Hall–Kier alpha value is -0.160.